The van der Waals surface area contributed by atoms with Crippen LogP contribution in [-0.2, 0) is 0 Å². The Bertz CT molecular complexity index is 582. The van der Waals surface area contributed by atoms with Gasteiger partial charge in [-0.25, -0.2) is 9.37 Å². The van der Waals surface area contributed by atoms with Crippen LogP contribution in [0.4, 0.5) is 8.78 Å². The fourth-order valence-corrected chi connectivity index (χ4v) is 2.73. The highest BCUT2D eigenvalue weighted by Crippen LogP contribution is 2.35. The van der Waals surface area contributed by atoms with E-state index in [-0.39, 0.29) is 11.7 Å². The Kier molecular flexibility index (Phi) is 3.76. The number of hydrogen-bond acceptors (Lipinski definition) is 1. The van der Waals surface area contributed by atoms with Gasteiger partial charge < -0.3 is 0 Å². The van der Waals surface area contributed by atoms with Crippen LogP contribution in [0.1, 0.15) is 25.3 Å². The average molecular weight is 312 g/mol. The number of halogens is 3. The van der Waals surface area contributed by atoms with Crippen LogP contribution in [0.5, 0.6) is 0 Å². The Balaban J connectivity index is 2.64. The van der Waals surface area contributed by atoms with E-state index in [0.29, 0.717) is 11.1 Å². The molecule has 2 rings (SSSR count). The maximum Gasteiger partial charge on any atom is 0.213 e. The van der Waals surface area contributed by atoms with Gasteiger partial charge in [-0.15, -0.1) is 0 Å². The minimum absolute atomic E-state index is 0.181. The summed E-state index contributed by atoms with van der Waals surface area (Å²) in [5.41, 5.74) is 2.11. The molecule has 1 heterocycles. The molecule has 1 nitrogen and oxygen atoms in total. The van der Waals surface area contributed by atoms with Crippen molar-refractivity contribution in [2.24, 2.45) is 0 Å². The average Bonchev–Trinajstić information content (AvgIpc) is 2.31. The van der Waals surface area contributed by atoms with Crippen LogP contribution < -0.4 is 0 Å². The molecule has 0 saturated heterocycles. The summed E-state index contributed by atoms with van der Waals surface area (Å²) in [6.07, 6.45) is 1.37. The smallest absolute Gasteiger partial charge is 0.213 e. The molecule has 0 saturated carbocycles. The lowest BCUT2D eigenvalue weighted by Gasteiger charge is -2.13. The van der Waals surface area contributed by atoms with Gasteiger partial charge >= 0.3 is 0 Å². The van der Waals surface area contributed by atoms with Crippen molar-refractivity contribution in [1.82, 2.24) is 4.98 Å². The molecule has 94 valence electrons. The second kappa shape index (κ2) is 5.14. The minimum Gasteiger partial charge on any atom is -0.228 e. The first kappa shape index (κ1) is 13.1. The molecule has 0 fully saturated rings. The molecule has 0 bridgehead atoms. The molecule has 0 amide bonds. The van der Waals surface area contributed by atoms with Crippen molar-refractivity contribution in [3.63, 3.8) is 0 Å². The summed E-state index contributed by atoms with van der Waals surface area (Å²) in [6, 6.07) is 5.84. The van der Waals surface area contributed by atoms with E-state index in [2.05, 4.69) is 20.9 Å². The summed E-state index contributed by atoms with van der Waals surface area (Å²) < 4.78 is 27.5. The SMILES string of the molecule is CC(C)c1cc(F)cc(-c2ccnc(F)c2)c1Br. The predicted molar refractivity (Wildman–Crippen MR) is 71.4 cm³/mol. The Morgan fingerprint density at radius 2 is 1.89 bits per heavy atom. The Hall–Kier alpha value is -1.29. The minimum atomic E-state index is -0.574. The number of hydrogen-bond donors (Lipinski definition) is 0. The maximum absolute atomic E-state index is 13.6. The molecule has 0 aliphatic carbocycles. The van der Waals surface area contributed by atoms with E-state index in [9.17, 15) is 8.78 Å². The molecule has 0 atom stereocenters. The molecule has 0 N–H and O–H groups in total. The van der Waals surface area contributed by atoms with Crippen LogP contribution in [0.15, 0.2) is 34.9 Å². The van der Waals surface area contributed by atoms with Crippen molar-refractivity contribution in [2.75, 3.05) is 0 Å². The van der Waals surface area contributed by atoms with Crippen LogP contribution in [0.2, 0.25) is 0 Å². The zero-order chi connectivity index (χ0) is 13.3. The van der Waals surface area contributed by atoms with Crippen LogP contribution in [0.3, 0.4) is 0 Å². The Labute approximate surface area is 113 Å². The maximum atomic E-state index is 13.6. The molecule has 0 unspecified atom stereocenters. The quantitative estimate of drug-likeness (QED) is 0.718. The lowest BCUT2D eigenvalue weighted by Crippen LogP contribution is -1.95. The van der Waals surface area contributed by atoms with Gasteiger partial charge in [-0.05, 0) is 56.7 Å². The molecular weight excluding hydrogens is 300 g/mol. The van der Waals surface area contributed by atoms with Gasteiger partial charge in [0.15, 0.2) is 0 Å². The second-order valence-corrected chi connectivity index (χ2v) is 5.17. The van der Waals surface area contributed by atoms with E-state index in [1.54, 1.807) is 6.07 Å². The highest BCUT2D eigenvalue weighted by molar-refractivity contribution is 9.10. The lowest BCUT2D eigenvalue weighted by atomic mass is 9.97. The first-order valence-corrected chi connectivity index (χ1v) is 6.39. The molecule has 4 heteroatoms. The molecule has 0 radical (unpaired) electrons. The summed E-state index contributed by atoms with van der Waals surface area (Å²) in [4.78, 5) is 3.50. The molecule has 1 aromatic heterocycles. The molecule has 1 aromatic carbocycles. The molecule has 0 aliphatic rings. The van der Waals surface area contributed by atoms with Crippen LogP contribution in [0, 0.1) is 11.8 Å². The number of nitrogens with zero attached hydrogens (tertiary/aromatic N) is 1. The summed E-state index contributed by atoms with van der Waals surface area (Å²) in [5, 5.41) is 0. The van der Waals surface area contributed by atoms with Gasteiger partial charge in [0.2, 0.25) is 5.95 Å². The van der Waals surface area contributed by atoms with Crippen molar-refractivity contribution < 1.29 is 8.78 Å². The predicted octanol–water partition coefficient (Wildman–Crippen LogP) is 4.91. The Morgan fingerprint density at radius 1 is 1.17 bits per heavy atom. The van der Waals surface area contributed by atoms with Gasteiger partial charge in [-0.3, -0.25) is 0 Å². The zero-order valence-electron chi connectivity index (χ0n) is 10.0. The summed E-state index contributed by atoms with van der Waals surface area (Å²) in [6.45, 7) is 3.97. The molecule has 0 spiro atoms. The summed E-state index contributed by atoms with van der Waals surface area (Å²) >= 11 is 3.47. The standard InChI is InChI=1S/C14H12BrF2N/c1-8(2)11-6-10(16)7-12(14(11)15)9-3-4-18-13(17)5-9/h3-8H,1-2H3. The Morgan fingerprint density at radius 3 is 2.50 bits per heavy atom. The number of aromatic nitrogens is 1. The monoisotopic (exact) mass is 311 g/mol. The molecular formula is C14H12BrF2N. The fourth-order valence-electron chi connectivity index (χ4n) is 1.81. The zero-order valence-corrected chi connectivity index (χ0v) is 11.6. The van der Waals surface area contributed by atoms with Crippen LogP contribution in [-0.4, -0.2) is 4.98 Å². The number of benzene rings is 1. The van der Waals surface area contributed by atoms with Gasteiger partial charge in [0.1, 0.15) is 5.82 Å². The number of pyridine rings is 1. The van der Waals surface area contributed by atoms with Crippen molar-refractivity contribution in [3.8, 4) is 11.1 Å². The topological polar surface area (TPSA) is 12.9 Å². The normalized spacial score (nSPS) is 11.0. The lowest BCUT2D eigenvalue weighted by molar-refractivity contribution is 0.584. The highest BCUT2D eigenvalue weighted by Gasteiger charge is 2.13. The third kappa shape index (κ3) is 2.58. The van der Waals surface area contributed by atoms with Gasteiger partial charge in [0.25, 0.3) is 0 Å². The van der Waals surface area contributed by atoms with Crippen molar-refractivity contribution in [2.45, 2.75) is 19.8 Å². The van der Waals surface area contributed by atoms with Gasteiger partial charge in [0, 0.05) is 16.7 Å². The van der Waals surface area contributed by atoms with E-state index in [0.717, 1.165) is 10.0 Å². The second-order valence-electron chi connectivity index (χ2n) is 4.38. The van der Waals surface area contributed by atoms with Gasteiger partial charge in [-0.1, -0.05) is 13.8 Å². The van der Waals surface area contributed by atoms with Crippen LogP contribution in [0.25, 0.3) is 11.1 Å². The van der Waals surface area contributed by atoms with Crippen molar-refractivity contribution >= 4 is 15.9 Å². The summed E-state index contributed by atoms with van der Waals surface area (Å²) in [7, 11) is 0. The first-order chi connectivity index (χ1) is 8.49. The van der Waals surface area contributed by atoms with E-state index >= 15 is 0 Å². The number of rotatable bonds is 2. The third-order valence-electron chi connectivity index (χ3n) is 2.73. The highest BCUT2D eigenvalue weighted by atomic mass is 79.9. The molecule has 2 aromatic rings. The van der Waals surface area contributed by atoms with Crippen molar-refractivity contribution in [1.29, 1.82) is 0 Å². The summed E-state index contributed by atoms with van der Waals surface area (Å²) in [5.74, 6) is -0.718. The van der Waals surface area contributed by atoms with E-state index in [1.165, 1.54) is 24.4 Å². The largest absolute Gasteiger partial charge is 0.228 e. The first-order valence-electron chi connectivity index (χ1n) is 5.60. The van der Waals surface area contributed by atoms with Gasteiger partial charge in [0.05, 0.1) is 0 Å². The van der Waals surface area contributed by atoms with Gasteiger partial charge in [-0.2, -0.15) is 4.39 Å². The van der Waals surface area contributed by atoms with Crippen LogP contribution >= 0.6 is 15.9 Å². The molecule has 0 aliphatic heterocycles. The van der Waals surface area contributed by atoms with E-state index in [4.69, 9.17) is 0 Å². The fraction of sp³-hybridized carbons (Fsp3) is 0.214. The molecule has 18 heavy (non-hydrogen) atoms. The third-order valence-corrected chi connectivity index (χ3v) is 3.61. The van der Waals surface area contributed by atoms with Crippen molar-refractivity contribution in [3.05, 3.63) is 52.3 Å². The van der Waals surface area contributed by atoms with E-state index < -0.39 is 5.95 Å². The van der Waals surface area contributed by atoms with E-state index in [1.807, 2.05) is 13.8 Å².